The van der Waals surface area contributed by atoms with Crippen molar-refractivity contribution in [2.75, 3.05) is 5.32 Å². The Morgan fingerprint density at radius 2 is 1.41 bits per heavy atom. The van der Waals surface area contributed by atoms with Crippen molar-refractivity contribution in [2.45, 2.75) is 0 Å². The summed E-state index contributed by atoms with van der Waals surface area (Å²) in [5.41, 5.74) is 2.67. The number of nitrogens with one attached hydrogen (secondary N) is 1. The first-order valence-corrected chi connectivity index (χ1v) is 10.5. The third-order valence-electron chi connectivity index (χ3n) is 4.90. The van der Waals surface area contributed by atoms with Crippen LogP contribution in [0, 0.1) is 32.6 Å². The first kappa shape index (κ1) is 26.7. The molecule has 2 heterocycles. The van der Waals surface area contributed by atoms with Crippen molar-refractivity contribution in [3.8, 4) is 12.3 Å². The molecule has 0 bridgehead atoms. The molecule has 2 aromatic heterocycles. The largest absolute Gasteiger partial charge is 0.340 e. The van der Waals surface area contributed by atoms with Crippen molar-refractivity contribution in [1.82, 2.24) is 19.9 Å². The Kier molecular flexibility index (Phi) is 8.42. The molecule has 0 unspecified atom stereocenters. The predicted molar refractivity (Wildman–Crippen MR) is 142 cm³/mol. The molecule has 0 saturated carbocycles. The molecule has 0 atom stereocenters. The number of anilines is 2. The molecule has 184 valence electrons. The molecular weight excluding hydrogens is 521 g/mol. The Morgan fingerprint density at radius 3 is 2.03 bits per heavy atom. The second-order valence-corrected chi connectivity index (χ2v) is 7.51. The van der Waals surface area contributed by atoms with Crippen molar-refractivity contribution in [3.63, 3.8) is 0 Å². The Hall–Kier alpha value is -4.92. The number of benzene rings is 3. The highest BCUT2D eigenvalue weighted by Crippen LogP contribution is 2.27. The summed E-state index contributed by atoms with van der Waals surface area (Å²) < 4.78 is 0. The number of hydrogen-bond acceptors (Lipinski definition) is 9. The number of nitrogens with zero attached hydrogens (tertiary/aromatic N) is 6. The lowest BCUT2D eigenvalue weighted by atomic mass is 10.2. The lowest BCUT2D eigenvalue weighted by molar-refractivity contribution is -0.384. The highest BCUT2D eigenvalue weighted by Gasteiger charge is 2.11. The van der Waals surface area contributed by atoms with E-state index in [4.69, 9.17) is 18.0 Å². The van der Waals surface area contributed by atoms with Crippen LogP contribution in [0.4, 0.5) is 22.9 Å². The minimum Gasteiger partial charge on any atom is -0.340 e. The van der Waals surface area contributed by atoms with E-state index in [0.717, 1.165) is 11.3 Å². The number of terminal acetylenes is 1. The second kappa shape index (κ2) is 11.7. The molecule has 0 radical (unpaired) electrons. The Bertz CT molecular complexity index is 1680. The van der Waals surface area contributed by atoms with Gasteiger partial charge in [-0.05, 0) is 30.3 Å². The number of halogens is 2. The van der Waals surface area contributed by atoms with Crippen molar-refractivity contribution < 1.29 is 9.85 Å². The molecule has 0 aliphatic heterocycles. The van der Waals surface area contributed by atoms with Gasteiger partial charge in [0.05, 0.1) is 20.9 Å². The first-order valence-electron chi connectivity index (χ1n) is 10.1. The fraction of sp³-hybridized carbons (Fsp3) is 0. The van der Waals surface area contributed by atoms with Crippen molar-refractivity contribution in [3.05, 3.63) is 104 Å². The Morgan fingerprint density at radius 1 is 0.811 bits per heavy atom. The average Bonchev–Trinajstić information content (AvgIpc) is 2.89. The number of aromatic nitrogens is 4. The number of nitro benzene ring substituents is 2. The van der Waals surface area contributed by atoms with Gasteiger partial charge >= 0.3 is 0 Å². The summed E-state index contributed by atoms with van der Waals surface area (Å²) in [6, 6.07) is 16.0. The van der Waals surface area contributed by atoms with Crippen LogP contribution in [0.15, 0.2) is 73.3 Å². The number of non-ortho nitro benzene ring substituents is 2. The van der Waals surface area contributed by atoms with E-state index in [2.05, 4.69) is 31.2 Å². The van der Waals surface area contributed by atoms with Crippen LogP contribution in [0.2, 0.25) is 5.15 Å². The highest BCUT2D eigenvalue weighted by atomic mass is 35.5. The minimum absolute atomic E-state index is 0. The van der Waals surface area contributed by atoms with Gasteiger partial charge in [0.25, 0.3) is 11.4 Å². The molecular formula is C24H15Cl2N7O4. The molecule has 1 N–H and O–H groups in total. The normalized spacial score (nSPS) is 9.95. The quantitative estimate of drug-likeness (QED) is 0.129. The van der Waals surface area contributed by atoms with E-state index < -0.39 is 9.85 Å². The lowest BCUT2D eigenvalue weighted by Crippen LogP contribution is -1.97. The molecule has 0 spiro atoms. The van der Waals surface area contributed by atoms with Gasteiger partial charge in [0.15, 0.2) is 0 Å². The molecule has 5 rings (SSSR count). The third kappa shape index (κ3) is 6.21. The number of rotatable bonds is 4. The van der Waals surface area contributed by atoms with Gasteiger partial charge in [0.2, 0.25) is 0 Å². The zero-order valence-electron chi connectivity index (χ0n) is 18.6. The Balaban J connectivity index is 0.000000220. The summed E-state index contributed by atoms with van der Waals surface area (Å²) in [5.74, 6) is 3.04. The zero-order valence-corrected chi connectivity index (χ0v) is 20.2. The topological polar surface area (TPSA) is 150 Å². The maximum atomic E-state index is 10.9. The maximum Gasteiger partial charge on any atom is 0.270 e. The van der Waals surface area contributed by atoms with Gasteiger partial charge < -0.3 is 5.32 Å². The number of nitro groups is 2. The van der Waals surface area contributed by atoms with E-state index in [0.29, 0.717) is 27.6 Å². The fourth-order valence-corrected chi connectivity index (χ4v) is 3.40. The van der Waals surface area contributed by atoms with Crippen LogP contribution < -0.4 is 5.32 Å². The summed E-state index contributed by atoms with van der Waals surface area (Å²) >= 11 is 5.76. The molecule has 5 aromatic rings. The third-order valence-corrected chi connectivity index (χ3v) is 5.20. The van der Waals surface area contributed by atoms with E-state index in [9.17, 15) is 20.2 Å². The van der Waals surface area contributed by atoms with Crippen LogP contribution >= 0.6 is 24.0 Å². The number of hydrogen-bond donors (Lipinski definition) is 1. The Labute approximate surface area is 220 Å². The van der Waals surface area contributed by atoms with Crippen molar-refractivity contribution in [2.24, 2.45) is 0 Å². The van der Waals surface area contributed by atoms with Gasteiger partial charge in [0.1, 0.15) is 23.6 Å². The summed E-state index contributed by atoms with van der Waals surface area (Å²) in [4.78, 5) is 36.4. The number of fused-ring (bicyclic) bond motifs is 2. The second-order valence-electron chi connectivity index (χ2n) is 7.15. The van der Waals surface area contributed by atoms with Crippen LogP contribution in [-0.2, 0) is 0 Å². The molecule has 13 heteroatoms. The van der Waals surface area contributed by atoms with E-state index in [1.54, 1.807) is 18.2 Å². The van der Waals surface area contributed by atoms with Gasteiger partial charge in [-0.1, -0.05) is 23.6 Å². The highest BCUT2D eigenvalue weighted by molar-refractivity contribution is 6.34. The van der Waals surface area contributed by atoms with Crippen LogP contribution in [0.1, 0.15) is 5.56 Å². The summed E-state index contributed by atoms with van der Waals surface area (Å²) in [7, 11) is 0. The lowest BCUT2D eigenvalue weighted by Gasteiger charge is -2.08. The smallest absolute Gasteiger partial charge is 0.270 e. The van der Waals surface area contributed by atoms with Crippen LogP contribution in [-0.4, -0.2) is 29.8 Å². The molecule has 3 aromatic carbocycles. The van der Waals surface area contributed by atoms with Crippen LogP contribution in [0.25, 0.3) is 21.8 Å². The van der Waals surface area contributed by atoms with Gasteiger partial charge in [-0.25, -0.2) is 19.9 Å². The van der Waals surface area contributed by atoms with Crippen molar-refractivity contribution >= 4 is 68.7 Å². The standard InChI is InChI=1S/C16H10N4O2.C8H4ClN3O2.ClH/c1-2-11-4-3-5-12(8-11)19-16-14-9-13(20(21)22)6-7-15(14)17-10-18-16;9-8-6-3-5(12(13)14)1-2-7(6)10-4-11-8;/h1,3-10H,(H,17,18,19);1-4H;1H. The molecule has 0 aliphatic rings. The molecule has 0 saturated heterocycles. The predicted octanol–water partition coefficient (Wildman–Crippen LogP) is 5.88. The fourth-order valence-electron chi connectivity index (χ4n) is 3.21. The monoisotopic (exact) mass is 535 g/mol. The van der Waals surface area contributed by atoms with Crippen LogP contribution in [0.3, 0.4) is 0 Å². The zero-order chi connectivity index (χ0) is 25.7. The van der Waals surface area contributed by atoms with Gasteiger partial charge in [-0.3, -0.25) is 20.2 Å². The summed E-state index contributed by atoms with van der Waals surface area (Å²) in [5, 5.41) is 25.8. The maximum absolute atomic E-state index is 10.9. The molecule has 0 aliphatic carbocycles. The van der Waals surface area contributed by atoms with Gasteiger partial charge in [0, 0.05) is 46.3 Å². The minimum atomic E-state index is -0.483. The van der Waals surface area contributed by atoms with Gasteiger partial charge in [-0.15, -0.1) is 18.8 Å². The van der Waals surface area contributed by atoms with Crippen LogP contribution in [0.5, 0.6) is 0 Å². The molecule has 0 fully saturated rings. The van der Waals surface area contributed by atoms with E-state index in [1.807, 2.05) is 18.2 Å². The van der Waals surface area contributed by atoms with Crippen molar-refractivity contribution in [1.29, 1.82) is 0 Å². The van der Waals surface area contributed by atoms with E-state index >= 15 is 0 Å². The van der Waals surface area contributed by atoms with Gasteiger partial charge in [-0.2, -0.15) is 0 Å². The van der Waals surface area contributed by atoms with E-state index in [1.165, 1.54) is 36.9 Å². The average molecular weight is 536 g/mol. The SMILES string of the molecule is C#Cc1cccc(Nc2ncnc3ccc([N+](=O)[O-])cc23)c1.Cl.O=[N+]([O-])c1ccc2ncnc(Cl)c2c1. The van der Waals surface area contributed by atoms with E-state index in [-0.39, 0.29) is 28.9 Å². The molecule has 0 amide bonds. The molecule has 37 heavy (non-hydrogen) atoms. The first-order chi connectivity index (χ1) is 17.4. The summed E-state index contributed by atoms with van der Waals surface area (Å²) in [6.07, 6.45) is 8.10. The summed E-state index contributed by atoms with van der Waals surface area (Å²) in [6.45, 7) is 0. The molecule has 11 nitrogen and oxygen atoms in total.